The van der Waals surface area contributed by atoms with Gasteiger partial charge in [0.2, 0.25) is 0 Å². The van der Waals surface area contributed by atoms with Gasteiger partial charge in [0.15, 0.2) is 9.84 Å². The molecule has 0 fully saturated rings. The lowest BCUT2D eigenvalue weighted by Gasteiger charge is -2.03. The molecule has 0 bridgehead atoms. The minimum atomic E-state index is -2.90. The lowest BCUT2D eigenvalue weighted by Crippen LogP contribution is -2.12. The van der Waals surface area contributed by atoms with Crippen molar-refractivity contribution in [1.29, 1.82) is 5.26 Å². The molecular weight excluding hydrogens is 254 g/mol. The number of hydrogen-bond donors (Lipinski definition) is 0. The van der Waals surface area contributed by atoms with E-state index >= 15 is 0 Å². The fraction of sp³-hybridized carbons (Fsp3) is 0.417. The quantitative estimate of drug-likeness (QED) is 0.744. The van der Waals surface area contributed by atoms with Gasteiger partial charge in [0.1, 0.15) is 0 Å². The van der Waals surface area contributed by atoms with Crippen molar-refractivity contribution >= 4 is 21.6 Å². The summed E-state index contributed by atoms with van der Waals surface area (Å²) in [6, 6.07) is 9.27. The van der Waals surface area contributed by atoms with E-state index in [2.05, 4.69) is 6.07 Å². The van der Waals surface area contributed by atoms with E-state index in [0.717, 1.165) is 4.90 Å². The van der Waals surface area contributed by atoms with E-state index in [-0.39, 0.29) is 11.5 Å². The van der Waals surface area contributed by atoms with Crippen LogP contribution in [0, 0.1) is 11.3 Å². The molecule has 0 saturated carbocycles. The molecule has 92 valence electrons. The summed E-state index contributed by atoms with van der Waals surface area (Å²) in [5.41, 5.74) is 0.603. The maximum Gasteiger partial charge on any atom is 0.151 e. The zero-order valence-corrected chi connectivity index (χ0v) is 11.4. The van der Waals surface area contributed by atoms with Gasteiger partial charge in [-0.25, -0.2) is 8.42 Å². The lowest BCUT2D eigenvalue weighted by molar-refractivity contribution is 0.596. The predicted octanol–water partition coefficient (Wildman–Crippen LogP) is 2.48. The van der Waals surface area contributed by atoms with E-state index in [9.17, 15) is 8.42 Å². The van der Waals surface area contributed by atoms with Crippen LogP contribution >= 0.6 is 11.8 Å². The summed E-state index contributed by atoms with van der Waals surface area (Å²) >= 11 is 1.47. The summed E-state index contributed by atoms with van der Waals surface area (Å²) in [5, 5.41) is 8.73. The van der Waals surface area contributed by atoms with Crippen molar-refractivity contribution in [3.8, 4) is 6.07 Å². The molecule has 1 rings (SSSR count). The second kappa shape index (κ2) is 6.67. The number of thioether (sulfide) groups is 1. The van der Waals surface area contributed by atoms with Gasteiger partial charge in [-0.05, 0) is 24.6 Å². The van der Waals surface area contributed by atoms with Crippen LogP contribution in [-0.4, -0.2) is 25.7 Å². The molecule has 3 nitrogen and oxygen atoms in total. The second-order valence-electron chi connectivity index (χ2n) is 3.64. The Hall–Kier alpha value is -0.990. The van der Waals surface area contributed by atoms with Crippen molar-refractivity contribution in [2.24, 2.45) is 0 Å². The molecule has 0 aliphatic carbocycles. The summed E-state index contributed by atoms with van der Waals surface area (Å²) in [6.45, 7) is 1.86. The number of nitriles is 1. The Morgan fingerprint density at radius 1 is 1.35 bits per heavy atom. The first kappa shape index (κ1) is 14.1. The van der Waals surface area contributed by atoms with Gasteiger partial charge in [-0.3, -0.25) is 0 Å². The molecule has 0 aromatic heterocycles. The summed E-state index contributed by atoms with van der Waals surface area (Å²) in [5.74, 6) is 0.991. The number of hydrogen-bond acceptors (Lipinski definition) is 4. The molecule has 17 heavy (non-hydrogen) atoms. The van der Waals surface area contributed by atoms with Crippen LogP contribution in [0.15, 0.2) is 29.2 Å². The van der Waals surface area contributed by atoms with Crippen molar-refractivity contribution < 1.29 is 8.42 Å². The number of nitrogens with zero attached hydrogens (tertiary/aromatic N) is 1. The molecule has 0 unspecified atom stereocenters. The molecule has 0 aliphatic rings. The first-order valence-corrected chi connectivity index (χ1v) is 8.21. The van der Waals surface area contributed by atoms with Crippen LogP contribution in [0.5, 0.6) is 0 Å². The van der Waals surface area contributed by atoms with Gasteiger partial charge in [-0.1, -0.05) is 13.0 Å². The Morgan fingerprint density at radius 2 is 2.12 bits per heavy atom. The van der Waals surface area contributed by atoms with Gasteiger partial charge in [0.25, 0.3) is 0 Å². The van der Waals surface area contributed by atoms with Gasteiger partial charge in [-0.2, -0.15) is 5.26 Å². The molecule has 0 atom stereocenters. The molecule has 0 radical (unpaired) electrons. The zero-order chi connectivity index (χ0) is 12.7. The van der Waals surface area contributed by atoms with Gasteiger partial charge in [-0.15, -0.1) is 11.8 Å². The first-order valence-electron chi connectivity index (χ1n) is 5.41. The molecule has 1 aromatic rings. The average Bonchev–Trinajstić information content (AvgIpc) is 2.29. The van der Waals surface area contributed by atoms with Crippen molar-refractivity contribution in [1.82, 2.24) is 0 Å². The maximum atomic E-state index is 11.5. The maximum absolute atomic E-state index is 11.5. The van der Waals surface area contributed by atoms with E-state index in [1.807, 2.05) is 13.0 Å². The largest absolute Gasteiger partial charge is 0.229 e. The van der Waals surface area contributed by atoms with E-state index < -0.39 is 9.84 Å². The van der Waals surface area contributed by atoms with Crippen molar-refractivity contribution in [3.05, 3.63) is 29.8 Å². The third-order valence-electron chi connectivity index (χ3n) is 2.14. The van der Waals surface area contributed by atoms with E-state index in [4.69, 9.17) is 5.26 Å². The molecule has 0 spiro atoms. The molecule has 0 amide bonds. The minimum absolute atomic E-state index is 0.197. The third kappa shape index (κ3) is 5.24. The normalized spacial score (nSPS) is 11.1. The van der Waals surface area contributed by atoms with Crippen molar-refractivity contribution in [2.45, 2.75) is 18.2 Å². The van der Waals surface area contributed by atoms with Gasteiger partial charge < -0.3 is 0 Å². The average molecular weight is 269 g/mol. The number of benzene rings is 1. The standard InChI is InChI=1S/C12H15NO2S2/c1-2-7-17(14,15)8-6-16-12-5-3-4-11(9-12)10-13/h3-5,9H,2,6-8H2,1H3. The van der Waals surface area contributed by atoms with Crippen LogP contribution in [0.4, 0.5) is 0 Å². The zero-order valence-electron chi connectivity index (χ0n) is 9.72. The summed E-state index contributed by atoms with van der Waals surface area (Å²) < 4.78 is 23.0. The monoisotopic (exact) mass is 269 g/mol. The molecule has 0 aliphatic heterocycles. The van der Waals surface area contributed by atoms with Gasteiger partial charge in [0, 0.05) is 16.4 Å². The van der Waals surface area contributed by atoms with E-state index in [1.165, 1.54) is 11.8 Å². The summed E-state index contributed by atoms with van der Waals surface area (Å²) in [6.07, 6.45) is 0.664. The van der Waals surface area contributed by atoms with Crippen molar-refractivity contribution in [3.63, 3.8) is 0 Å². The second-order valence-corrected chi connectivity index (χ2v) is 7.11. The Bertz CT molecular complexity index is 503. The highest BCUT2D eigenvalue weighted by molar-refractivity contribution is 8.00. The molecular formula is C12H15NO2S2. The topological polar surface area (TPSA) is 57.9 Å². The highest BCUT2D eigenvalue weighted by atomic mass is 32.2. The lowest BCUT2D eigenvalue weighted by atomic mass is 10.2. The van der Waals surface area contributed by atoms with Crippen LogP contribution in [0.1, 0.15) is 18.9 Å². The Kier molecular flexibility index (Phi) is 5.52. The number of rotatable bonds is 6. The van der Waals surface area contributed by atoms with Crippen LogP contribution in [0.3, 0.4) is 0 Å². The van der Waals surface area contributed by atoms with Crippen LogP contribution in [0.2, 0.25) is 0 Å². The Labute approximate surface area is 107 Å². The van der Waals surface area contributed by atoms with Gasteiger partial charge in [0.05, 0.1) is 17.4 Å². The highest BCUT2D eigenvalue weighted by Gasteiger charge is 2.09. The summed E-state index contributed by atoms with van der Waals surface area (Å²) in [7, 11) is -2.90. The first-order chi connectivity index (χ1) is 8.07. The highest BCUT2D eigenvalue weighted by Crippen LogP contribution is 2.19. The smallest absolute Gasteiger partial charge is 0.151 e. The fourth-order valence-corrected chi connectivity index (χ4v) is 4.15. The molecule has 0 N–H and O–H groups in total. The number of sulfone groups is 1. The van der Waals surface area contributed by atoms with Crippen LogP contribution in [0.25, 0.3) is 0 Å². The van der Waals surface area contributed by atoms with Crippen molar-refractivity contribution in [2.75, 3.05) is 17.3 Å². The SMILES string of the molecule is CCCS(=O)(=O)CCSc1cccc(C#N)c1. The molecule has 5 heteroatoms. The predicted molar refractivity (Wildman–Crippen MR) is 70.8 cm³/mol. The minimum Gasteiger partial charge on any atom is -0.229 e. The molecule has 0 heterocycles. The van der Waals surface area contributed by atoms with E-state index in [1.54, 1.807) is 18.2 Å². The van der Waals surface area contributed by atoms with Crippen LogP contribution in [-0.2, 0) is 9.84 Å². The Balaban J connectivity index is 2.49. The van der Waals surface area contributed by atoms with E-state index in [0.29, 0.717) is 17.7 Å². The molecule has 1 aromatic carbocycles. The third-order valence-corrected chi connectivity index (χ3v) is 5.25. The molecule has 0 saturated heterocycles. The van der Waals surface area contributed by atoms with Gasteiger partial charge >= 0.3 is 0 Å². The fourth-order valence-electron chi connectivity index (χ4n) is 1.35. The van der Waals surface area contributed by atoms with Crippen LogP contribution < -0.4 is 0 Å². The Morgan fingerprint density at radius 3 is 2.76 bits per heavy atom. The summed E-state index contributed by atoms with van der Waals surface area (Å²) in [4.78, 5) is 0.941.